The van der Waals surface area contributed by atoms with Gasteiger partial charge in [0.15, 0.2) is 0 Å². The van der Waals surface area contributed by atoms with Crippen LogP contribution in [0.25, 0.3) is 0 Å². The van der Waals surface area contributed by atoms with Crippen LogP contribution >= 0.6 is 0 Å². The third-order valence-corrected chi connectivity index (χ3v) is 3.89. The Labute approximate surface area is 108 Å². The molecule has 1 atom stereocenters. The lowest BCUT2D eigenvalue weighted by Crippen LogP contribution is -2.41. The van der Waals surface area contributed by atoms with Crippen molar-refractivity contribution in [2.24, 2.45) is 5.73 Å². The molecule has 3 nitrogen and oxygen atoms in total. The molecule has 2 N–H and O–H groups in total. The van der Waals surface area contributed by atoms with Gasteiger partial charge in [-0.05, 0) is 37.3 Å². The van der Waals surface area contributed by atoms with E-state index in [0.717, 1.165) is 42.5 Å². The number of carbonyl (C=O) groups is 1. The second kappa shape index (κ2) is 4.92. The van der Waals surface area contributed by atoms with Crippen molar-refractivity contribution in [1.29, 1.82) is 0 Å². The summed E-state index contributed by atoms with van der Waals surface area (Å²) in [7, 11) is 0. The Morgan fingerprint density at radius 1 is 1.56 bits per heavy atom. The SMILES string of the molecule is CC/C=C(\CC)[C@@]1(C(N)=O)CCc2ncccc21. The number of pyridine rings is 1. The number of carbonyl (C=O) groups excluding carboxylic acids is 1. The van der Waals surface area contributed by atoms with Gasteiger partial charge >= 0.3 is 0 Å². The van der Waals surface area contributed by atoms with E-state index < -0.39 is 5.41 Å². The van der Waals surface area contributed by atoms with Gasteiger partial charge in [-0.1, -0.05) is 31.6 Å². The second-order valence-corrected chi connectivity index (χ2v) is 4.76. The highest BCUT2D eigenvalue weighted by atomic mass is 16.1. The predicted octanol–water partition coefficient (Wildman–Crippen LogP) is 2.50. The summed E-state index contributed by atoms with van der Waals surface area (Å²) in [6.45, 7) is 4.17. The average molecular weight is 244 g/mol. The van der Waals surface area contributed by atoms with Crippen molar-refractivity contribution in [2.75, 3.05) is 0 Å². The molecule has 18 heavy (non-hydrogen) atoms. The van der Waals surface area contributed by atoms with E-state index in [1.807, 2.05) is 12.1 Å². The minimum atomic E-state index is -0.617. The second-order valence-electron chi connectivity index (χ2n) is 4.76. The number of aromatic nitrogens is 1. The molecule has 0 bridgehead atoms. The number of hydrogen-bond donors (Lipinski definition) is 1. The Balaban J connectivity index is 2.61. The minimum absolute atomic E-state index is 0.240. The summed E-state index contributed by atoms with van der Waals surface area (Å²) < 4.78 is 0. The largest absolute Gasteiger partial charge is 0.369 e. The molecule has 3 heteroatoms. The molecular formula is C15H20N2O. The Bertz CT molecular complexity index is 493. The molecule has 0 radical (unpaired) electrons. The first kappa shape index (κ1) is 12.8. The quantitative estimate of drug-likeness (QED) is 0.827. The molecular weight excluding hydrogens is 224 g/mol. The van der Waals surface area contributed by atoms with Crippen LogP contribution in [0, 0.1) is 0 Å². The first-order valence-corrected chi connectivity index (χ1v) is 6.60. The van der Waals surface area contributed by atoms with Gasteiger partial charge in [0.25, 0.3) is 0 Å². The third kappa shape index (κ3) is 1.74. The van der Waals surface area contributed by atoms with Crippen LogP contribution in [-0.4, -0.2) is 10.9 Å². The van der Waals surface area contributed by atoms with Gasteiger partial charge in [-0.2, -0.15) is 0 Å². The van der Waals surface area contributed by atoms with Gasteiger partial charge in [-0.3, -0.25) is 9.78 Å². The van der Waals surface area contributed by atoms with Crippen molar-refractivity contribution in [1.82, 2.24) is 4.98 Å². The Morgan fingerprint density at radius 2 is 2.33 bits per heavy atom. The molecule has 1 aliphatic rings. The van der Waals surface area contributed by atoms with Gasteiger partial charge in [-0.15, -0.1) is 0 Å². The summed E-state index contributed by atoms with van der Waals surface area (Å²) >= 11 is 0. The highest BCUT2D eigenvalue weighted by Gasteiger charge is 2.46. The summed E-state index contributed by atoms with van der Waals surface area (Å²) in [6, 6.07) is 3.89. The number of fused-ring (bicyclic) bond motifs is 1. The van der Waals surface area contributed by atoms with Gasteiger partial charge in [0.1, 0.15) is 0 Å². The third-order valence-electron chi connectivity index (χ3n) is 3.89. The molecule has 0 spiro atoms. The number of hydrogen-bond acceptors (Lipinski definition) is 2. The monoisotopic (exact) mass is 244 g/mol. The molecule has 1 aliphatic carbocycles. The zero-order valence-electron chi connectivity index (χ0n) is 11.1. The molecule has 0 saturated heterocycles. The first-order chi connectivity index (χ1) is 8.66. The predicted molar refractivity (Wildman–Crippen MR) is 72.1 cm³/mol. The van der Waals surface area contributed by atoms with Gasteiger partial charge in [0.05, 0.1) is 5.41 Å². The molecule has 1 aromatic rings. The Hall–Kier alpha value is -1.64. The fourth-order valence-electron chi connectivity index (χ4n) is 3.08. The number of allylic oxidation sites excluding steroid dienone is 1. The maximum atomic E-state index is 12.1. The van der Waals surface area contributed by atoms with Crippen LogP contribution in [0.15, 0.2) is 30.0 Å². The summed E-state index contributed by atoms with van der Waals surface area (Å²) in [5.74, 6) is -0.240. The van der Waals surface area contributed by atoms with E-state index >= 15 is 0 Å². The number of primary amides is 1. The lowest BCUT2D eigenvalue weighted by molar-refractivity contribution is -0.122. The van der Waals surface area contributed by atoms with Crippen LogP contribution in [0.5, 0.6) is 0 Å². The van der Waals surface area contributed by atoms with E-state index in [9.17, 15) is 4.79 Å². The molecule has 0 aromatic carbocycles. The topological polar surface area (TPSA) is 56.0 Å². The molecule has 1 amide bonds. The van der Waals surface area contributed by atoms with Gasteiger partial charge in [-0.25, -0.2) is 0 Å². The van der Waals surface area contributed by atoms with Crippen molar-refractivity contribution >= 4 is 5.91 Å². The molecule has 96 valence electrons. The van der Waals surface area contributed by atoms with Gasteiger partial charge in [0.2, 0.25) is 5.91 Å². The molecule has 1 aromatic heterocycles. The Morgan fingerprint density at radius 3 is 2.94 bits per heavy atom. The molecule has 0 aliphatic heterocycles. The van der Waals surface area contributed by atoms with Crippen LogP contribution in [0.4, 0.5) is 0 Å². The van der Waals surface area contributed by atoms with Crippen molar-refractivity contribution in [3.63, 3.8) is 0 Å². The normalized spacial score (nSPS) is 22.9. The number of rotatable bonds is 4. The number of nitrogens with two attached hydrogens (primary N) is 1. The minimum Gasteiger partial charge on any atom is -0.369 e. The lowest BCUT2D eigenvalue weighted by atomic mass is 9.73. The summed E-state index contributed by atoms with van der Waals surface area (Å²) in [6.07, 6.45) is 7.30. The lowest BCUT2D eigenvalue weighted by Gasteiger charge is -2.29. The maximum Gasteiger partial charge on any atom is 0.232 e. The number of nitrogens with zero attached hydrogens (tertiary/aromatic N) is 1. The smallest absolute Gasteiger partial charge is 0.232 e. The molecule has 0 fully saturated rings. The van der Waals surface area contributed by atoms with Crippen LogP contribution in [0.3, 0.4) is 0 Å². The highest BCUT2D eigenvalue weighted by Crippen LogP contribution is 2.44. The van der Waals surface area contributed by atoms with Crippen LogP contribution in [0.1, 0.15) is 44.4 Å². The van der Waals surface area contributed by atoms with E-state index in [0.29, 0.717) is 0 Å². The maximum absolute atomic E-state index is 12.1. The highest BCUT2D eigenvalue weighted by molar-refractivity contribution is 5.91. The fourth-order valence-corrected chi connectivity index (χ4v) is 3.08. The summed E-state index contributed by atoms with van der Waals surface area (Å²) in [5.41, 5.74) is 8.31. The van der Waals surface area contributed by atoms with E-state index in [4.69, 9.17) is 5.73 Å². The number of aryl methyl sites for hydroxylation is 1. The van der Waals surface area contributed by atoms with Gasteiger partial charge in [0, 0.05) is 11.9 Å². The Kier molecular flexibility index (Phi) is 3.50. The van der Waals surface area contributed by atoms with Crippen molar-refractivity contribution in [3.8, 4) is 0 Å². The van der Waals surface area contributed by atoms with Crippen LogP contribution in [0.2, 0.25) is 0 Å². The fraction of sp³-hybridized carbons (Fsp3) is 0.467. The van der Waals surface area contributed by atoms with Crippen molar-refractivity contribution in [3.05, 3.63) is 41.2 Å². The molecule has 0 unspecified atom stereocenters. The zero-order chi connectivity index (χ0) is 13.2. The summed E-state index contributed by atoms with van der Waals surface area (Å²) in [5, 5.41) is 0. The van der Waals surface area contributed by atoms with E-state index in [1.165, 1.54) is 0 Å². The zero-order valence-corrected chi connectivity index (χ0v) is 11.1. The first-order valence-electron chi connectivity index (χ1n) is 6.60. The molecule has 0 saturated carbocycles. The van der Waals surface area contributed by atoms with Crippen molar-refractivity contribution in [2.45, 2.75) is 44.9 Å². The standard InChI is InChI=1S/C15H20N2O/c1-3-6-11(4-2)15(14(16)18)9-8-13-12(15)7-5-10-17-13/h5-7,10H,3-4,8-9H2,1-2H3,(H2,16,18)/b11-6+/t15-/m0/s1. The van der Waals surface area contributed by atoms with E-state index in [2.05, 4.69) is 24.9 Å². The molecule has 2 rings (SSSR count). The molecule has 1 heterocycles. The average Bonchev–Trinajstić information content (AvgIpc) is 2.76. The van der Waals surface area contributed by atoms with Crippen LogP contribution < -0.4 is 5.73 Å². The number of amides is 1. The van der Waals surface area contributed by atoms with Crippen molar-refractivity contribution < 1.29 is 4.79 Å². The van der Waals surface area contributed by atoms with Gasteiger partial charge < -0.3 is 5.73 Å². The van der Waals surface area contributed by atoms with E-state index in [-0.39, 0.29) is 5.91 Å². The van der Waals surface area contributed by atoms with E-state index in [1.54, 1.807) is 6.20 Å². The summed E-state index contributed by atoms with van der Waals surface area (Å²) in [4.78, 5) is 16.5. The van der Waals surface area contributed by atoms with Crippen LogP contribution in [-0.2, 0) is 16.6 Å².